The molecule has 3 rings (SSSR count). The molecule has 1 heteroatoms. The van der Waals surface area contributed by atoms with Gasteiger partial charge in [-0.25, -0.2) is 0 Å². The maximum Gasteiger partial charge on any atom is 0.0848 e. The fraction of sp³-hybridized carbons (Fsp3) is 0.333. The second-order valence-corrected chi connectivity index (χ2v) is 7.03. The summed E-state index contributed by atoms with van der Waals surface area (Å²) in [7, 11) is 0.960. The molecule has 0 amide bonds. The molecule has 0 N–H and O–H groups in total. The Morgan fingerprint density at radius 1 is 0.737 bits per heavy atom. The van der Waals surface area contributed by atoms with E-state index in [9.17, 15) is 0 Å². The van der Waals surface area contributed by atoms with E-state index >= 15 is 0 Å². The minimum Gasteiger partial charge on any atom is -0.0639 e. The summed E-state index contributed by atoms with van der Waals surface area (Å²) in [5.74, 6) is 0.772. The second kappa shape index (κ2) is 6.20. The third-order valence-electron chi connectivity index (χ3n) is 4.12. The van der Waals surface area contributed by atoms with E-state index in [0.717, 1.165) is 21.0 Å². The van der Waals surface area contributed by atoms with Crippen LogP contribution in [0, 0.1) is 0 Å². The van der Waals surface area contributed by atoms with Gasteiger partial charge in [-0.2, -0.15) is 0 Å². The maximum absolute atomic E-state index is 2.32. The minimum absolute atomic E-state index is 0.772. The molecule has 2 aromatic rings. The van der Waals surface area contributed by atoms with Gasteiger partial charge in [-0.05, 0) is 23.4 Å². The molecule has 19 heavy (non-hydrogen) atoms. The van der Waals surface area contributed by atoms with Crippen LogP contribution < -0.4 is 5.19 Å². The van der Waals surface area contributed by atoms with Gasteiger partial charge in [-0.3, -0.25) is 0 Å². The van der Waals surface area contributed by atoms with E-state index in [2.05, 4.69) is 60.7 Å². The van der Waals surface area contributed by atoms with Gasteiger partial charge in [-0.15, -0.1) is 0 Å². The van der Waals surface area contributed by atoms with Crippen molar-refractivity contribution < 1.29 is 0 Å². The van der Waals surface area contributed by atoms with Crippen molar-refractivity contribution in [3.05, 3.63) is 66.2 Å². The van der Waals surface area contributed by atoms with Crippen LogP contribution in [0.1, 0.15) is 37.2 Å². The molecule has 1 aliphatic carbocycles. The summed E-state index contributed by atoms with van der Waals surface area (Å²) >= 11 is 0. The van der Waals surface area contributed by atoms with Gasteiger partial charge in [0.2, 0.25) is 0 Å². The zero-order valence-electron chi connectivity index (χ0n) is 11.3. The van der Waals surface area contributed by atoms with Crippen molar-refractivity contribution >= 4 is 14.7 Å². The van der Waals surface area contributed by atoms with Crippen LogP contribution in [0.15, 0.2) is 60.7 Å². The molecule has 0 bridgehead atoms. The first-order chi connectivity index (χ1) is 9.43. The Labute approximate surface area is 118 Å². The van der Waals surface area contributed by atoms with Gasteiger partial charge >= 0.3 is 0 Å². The summed E-state index contributed by atoms with van der Waals surface area (Å²) < 4.78 is 0. The molecule has 0 saturated heterocycles. The summed E-state index contributed by atoms with van der Waals surface area (Å²) in [5, 5.41) is 1.52. The molecule has 2 radical (unpaired) electrons. The van der Waals surface area contributed by atoms with Gasteiger partial charge in [-0.1, -0.05) is 85.1 Å². The zero-order chi connectivity index (χ0) is 12.9. The minimum atomic E-state index is 0.772. The van der Waals surface area contributed by atoms with Crippen LogP contribution >= 0.6 is 0 Å². The molecule has 1 saturated carbocycles. The van der Waals surface area contributed by atoms with Crippen LogP contribution in [0.5, 0.6) is 0 Å². The monoisotopic (exact) mass is 264 g/mol. The molecule has 96 valence electrons. The van der Waals surface area contributed by atoms with Crippen LogP contribution in [0.4, 0.5) is 0 Å². The van der Waals surface area contributed by atoms with Gasteiger partial charge in [0.1, 0.15) is 0 Å². The van der Waals surface area contributed by atoms with E-state index in [1.165, 1.54) is 30.9 Å². The van der Waals surface area contributed by atoms with E-state index in [1.54, 1.807) is 5.56 Å². The molecule has 1 fully saturated rings. The normalized spacial score (nSPS) is 23.2. The number of hydrogen-bond acceptors (Lipinski definition) is 0. The predicted molar refractivity (Wildman–Crippen MR) is 83.2 cm³/mol. The first-order valence-electron chi connectivity index (χ1n) is 7.30. The number of hydrogen-bond donors (Lipinski definition) is 0. The molecule has 0 aromatic heterocycles. The van der Waals surface area contributed by atoms with Gasteiger partial charge < -0.3 is 0 Å². The first-order valence-corrected chi connectivity index (χ1v) is 8.38. The zero-order valence-corrected chi connectivity index (χ0v) is 12.3. The van der Waals surface area contributed by atoms with Crippen molar-refractivity contribution in [3.63, 3.8) is 0 Å². The molecule has 1 aliphatic rings. The standard InChI is InChI=1S/C18H20Si/c1-3-9-15(10-4-1)17-13-7-8-14-18(17)19-16-11-5-2-6-12-16/h1-6,9-12,17-18H,7-8,13-14H2/t17-,18-/m0/s1. The van der Waals surface area contributed by atoms with Gasteiger partial charge in [0, 0.05) is 0 Å². The summed E-state index contributed by atoms with van der Waals surface area (Å²) in [6.07, 6.45) is 5.57. The van der Waals surface area contributed by atoms with Gasteiger partial charge in [0.15, 0.2) is 0 Å². The lowest BCUT2D eigenvalue weighted by atomic mass is 9.83. The summed E-state index contributed by atoms with van der Waals surface area (Å²) in [4.78, 5) is 0. The largest absolute Gasteiger partial charge is 0.0848 e. The smallest absolute Gasteiger partial charge is 0.0639 e. The molecular formula is C18H20Si. The molecular weight excluding hydrogens is 244 g/mol. The van der Waals surface area contributed by atoms with Gasteiger partial charge in [0.25, 0.3) is 0 Å². The maximum atomic E-state index is 2.32. The van der Waals surface area contributed by atoms with Crippen molar-refractivity contribution in [2.45, 2.75) is 37.1 Å². The summed E-state index contributed by atoms with van der Waals surface area (Å²) in [6, 6.07) is 22.2. The Morgan fingerprint density at radius 3 is 2.11 bits per heavy atom. The number of rotatable bonds is 3. The Balaban J connectivity index is 1.78. The van der Waals surface area contributed by atoms with Crippen molar-refractivity contribution in [3.8, 4) is 0 Å². The highest BCUT2D eigenvalue weighted by molar-refractivity contribution is 6.55. The van der Waals surface area contributed by atoms with E-state index in [0.29, 0.717) is 0 Å². The SMILES string of the molecule is c1ccc([Si][C@H]2CCCC[C@H]2c2ccccc2)cc1. The van der Waals surface area contributed by atoms with E-state index < -0.39 is 0 Å². The number of benzene rings is 2. The highest BCUT2D eigenvalue weighted by atomic mass is 28.2. The fourth-order valence-corrected chi connectivity index (χ4v) is 4.87. The lowest BCUT2D eigenvalue weighted by molar-refractivity contribution is 0.442. The van der Waals surface area contributed by atoms with Crippen LogP contribution in [-0.2, 0) is 0 Å². The molecule has 2 atom stereocenters. The molecule has 0 nitrogen and oxygen atoms in total. The fourth-order valence-electron chi connectivity index (χ4n) is 3.15. The second-order valence-electron chi connectivity index (χ2n) is 5.42. The van der Waals surface area contributed by atoms with Crippen molar-refractivity contribution in [2.75, 3.05) is 0 Å². The van der Waals surface area contributed by atoms with Crippen molar-refractivity contribution in [2.24, 2.45) is 0 Å². The average molecular weight is 264 g/mol. The third kappa shape index (κ3) is 3.16. The van der Waals surface area contributed by atoms with Crippen LogP contribution in [-0.4, -0.2) is 9.52 Å². The lowest BCUT2D eigenvalue weighted by Crippen LogP contribution is -2.26. The van der Waals surface area contributed by atoms with Crippen LogP contribution in [0.2, 0.25) is 5.54 Å². The molecule has 0 aliphatic heterocycles. The van der Waals surface area contributed by atoms with Crippen LogP contribution in [0.3, 0.4) is 0 Å². The van der Waals surface area contributed by atoms with Crippen LogP contribution in [0.25, 0.3) is 0 Å². The Kier molecular flexibility index (Phi) is 4.14. The quantitative estimate of drug-likeness (QED) is 0.730. The first kappa shape index (κ1) is 12.7. The lowest BCUT2D eigenvalue weighted by Gasteiger charge is -2.31. The molecule has 0 unspecified atom stereocenters. The highest BCUT2D eigenvalue weighted by Crippen LogP contribution is 2.41. The van der Waals surface area contributed by atoms with Gasteiger partial charge in [0.05, 0.1) is 9.52 Å². The molecule has 2 aromatic carbocycles. The Bertz CT molecular complexity index is 492. The van der Waals surface area contributed by atoms with E-state index in [4.69, 9.17) is 0 Å². The summed E-state index contributed by atoms with van der Waals surface area (Å²) in [6.45, 7) is 0. The third-order valence-corrected chi connectivity index (χ3v) is 5.85. The predicted octanol–water partition coefficient (Wildman–Crippen LogP) is 4.16. The highest BCUT2D eigenvalue weighted by Gasteiger charge is 2.26. The average Bonchev–Trinajstić information content (AvgIpc) is 2.50. The Morgan fingerprint density at radius 2 is 1.37 bits per heavy atom. The molecule has 0 spiro atoms. The van der Waals surface area contributed by atoms with E-state index in [1.807, 2.05) is 0 Å². The van der Waals surface area contributed by atoms with E-state index in [-0.39, 0.29) is 0 Å². The Hall–Kier alpha value is -1.34. The van der Waals surface area contributed by atoms with Crippen molar-refractivity contribution in [1.82, 2.24) is 0 Å². The summed E-state index contributed by atoms with van der Waals surface area (Å²) in [5.41, 5.74) is 2.40. The molecule has 0 heterocycles. The topological polar surface area (TPSA) is 0 Å². The van der Waals surface area contributed by atoms with Crippen molar-refractivity contribution in [1.29, 1.82) is 0 Å².